The van der Waals surface area contributed by atoms with E-state index in [9.17, 15) is 13.5 Å². The van der Waals surface area contributed by atoms with Gasteiger partial charge in [0.15, 0.2) is 0 Å². The van der Waals surface area contributed by atoms with Crippen LogP contribution in [0, 0.1) is 6.92 Å². The van der Waals surface area contributed by atoms with Crippen molar-refractivity contribution >= 4 is 15.5 Å². The molecule has 0 atom stereocenters. The maximum atomic E-state index is 11.3. The Morgan fingerprint density at radius 3 is 2.53 bits per heavy atom. The summed E-state index contributed by atoms with van der Waals surface area (Å²) in [5.74, 6) is 0.767. The summed E-state index contributed by atoms with van der Waals surface area (Å²) in [6, 6.07) is 5.61. The number of aromatic hydroxyl groups is 1. The summed E-state index contributed by atoms with van der Waals surface area (Å²) in [5.41, 5.74) is 1.68. The summed E-state index contributed by atoms with van der Waals surface area (Å²) in [4.78, 5) is 0. The van der Waals surface area contributed by atoms with Crippen LogP contribution in [-0.2, 0) is 9.84 Å². The van der Waals surface area contributed by atoms with Gasteiger partial charge in [0.05, 0.1) is 11.5 Å². The van der Waals surface area contributed by atoms with Crippen LogP contribution in [-0.4, -0.2) is 31.1 Å². The Morgan fingerprint density at radius 2 is 1.94 bits per heavy atom. The smallest absolute Gasteiger partial charge is 0.150 e. The fourth-order valence-electron chi connectivity index (χ4n) is 1.97. The van der Waals surface area contributed by atoms with E-state index in [-0.39, 0.29) is 23.3 Å². The highest BCUT2D eigenvalue weighted by Gasteiger charge is 2.23. The molecule has 1 aromatic rings. The minimum atomic E-state index is -2.81. The third kappa shape index (κ3) is 3.12. The van der Waals surface area contributed by atoms with Gasteiger partial charge in [-0.1, -0.05) is 6.07 Å². The van der Waals surface area contributed by atoms with Crippen LogP contribution < -0.4 is 5.32 Å². The second-order valence-corrected chi connectivity index (χ2v) is 6.88. The number of sulfone groups is 1. The summed E-state index contributed by atoms with van der Waals surface area (Å²) in [6.45, 7) is 1.84. The number of hydrogen-bond acceptors (Lipinski definition) is 4. The zero-order valence-corrected chi connectivity index (χ0v) is 10.6. The Kier molecular flexibility index (Phi) is 3.28. The maximum absolute atomic E-state index is 11.3. The molecule has 0 spiro atoms. The molecule has 0 bridgehead atoms. The molecule has 0 amide bonds. The number of benzene rings is 1. The molecule has 0 aliphatic carbocycles. The van der Waals surface area contributed by atoms with Gasteiger partial charge in [-0.25, -0.2) is 8.42 Å². The van der Waals surface area contributed by atoms with Gasteiger partial charge in [-0.05, 0) is 31.4 Å². The fraction of sp³-hybridized carbons (Fsp3) is 0.500. The molecule has 1 aliphatic heterocycles. The third-order valence-electron chi connectivity index (χ3n) is 3.13. The Bertz CT molecular complexity index is 496. The molecule has 0 saturated carbocycles. The van der Waals surface area contributed by atoms with Crippen molar-refractivity contribution in [1.29, 1.82) is 0 Å². The Balaban J connectivity index is 2.00. The van der Waals surface area contributed by atoms with Gasteiger partial charge in [0.25, 0.3) is 0 Å². The molecule has 1 aliphatic rings. The number of hydrogen-bond donors (Lipinski definition) is 2. The molecule has 2 N–H and O–H groups in total. The van der Waals surface area contributed by atoms with Crippen LogP contribution in [0.3, 0.4) is 0 Å². The van der Waals surface area contributed by atoms with E-state index in [0.29, 0.717) is 12.8 Å². The monoisotopic (exact) mass is 255 g/mol. The molecule has 1 saturated heterocycles. The predicted molar refractivity (Wildman–Crippen MR) is 68.1 cm³/mol. The second-order valence-electron chi connectivity index (χ2n) is 4.57. The molecule has 0 unspecified atom stereocenters. The minimum Gasteiger partial charge on any atom is -0.508 e. The van der Waals surface area contributed by atoms with Crippen LogP contribution in [0.5, 0.6) is 5.75 Å². The standard InChI is InChI=1S/C12H17NO3S/c1-9-2-3-11(8-12(9)14)13-10-4-6-17(15,16)7-5-10/h2-3,8,10,13-14H,4-7H2,1H3. The van der Waals surface area contributed by atoms with E-state index in [0.717, 1.165) is 11.3 Å². The highest BCUT2D eigenvalue weighted by atomic mass is 32.2. The Morgan fingerprint density at radius 1 is 1.29 bits per heavy atom. The lowest BCUT2D eigenvalue weighted by Gasteiger charge is -2.24. The lowest BCUT2D eigenvalue weighted by Crippen LogP contribution is -2.32. The van der Waals surface area contributed by atoms with Crippen molar-refractivity contribution in [2.75, 3.05) is 16.8 Å². The first-order chi connectivity index (χ1) is 7.96. The van der Waals surface area contributed by atoms with Gasteiger partial charge < -0.3 is 10.4 Å². The number of nitrogens with one attached hydrogen (secondary N) is 1. The normalized spacial score (nSPS) is 20.1. The van der Waals surface area contributed by atoms with Gasteiger partial charge in [0.2, 0.25) is 0 Å². The van der Waals surface area contributed by atoms with Gasteiger partial charge in [-0.3, -0.25) is 0 Å². The molecule has 2 rings (SSSR count). The van der Waals surface area contributed by atoms with Crippen molar-refractivity contribution in [2.24, 2.45) is 0 Å². The summed E-state index contributed by atoms with van der Waals surface area (Å²) in [5, 5.41) is 12.8. The lowest BCUT2D eigenvalue weighted by molar-refractivity contribution is 0.471. The van der Waals surface area contributed by atoms with Crippen molar-refractivity contribution < 1.29 is 13.5 Å². The van der Waals surface area contributed by atoms with E-state index in [4.69, 9.17) is 0 Å². The van der Waals surface area contributed by atoms with Crippen LogP contribution in [0.1, 0.15) is 18.4 Å². The van der Waals surface area contributed by atoms with Gasteiger partial charge in [-0.2, -0.15) is 0 Å². The highest BCUT2D eigenvalue weighted by molar-refractivity contribution is 7.91. The molecule has 5 heteroatoms. The summed E-state index contributed by atoms with van der Waals surface area (Å²) >= 11 is 0. The molecule has 0 aromatic heterocycles. The van der Waals surface area contributed by atoms with Crippen molar-refractivity contribution in [3.8, 4) is 5.75 Å². The molecule has 1 aromatic carbocycles. The fourth-order valence-corrected chi connectivity index (χ4v) is 3.46. The molecule has 0 radical (unpaired) electrons. The van der Waals surface area contributed by atoms with E-state index in [1.165, 1.54) is 0 Å². The summed E-state index contributed by atoms with van der Waals surface area (Å²) in [7, 11) is -2.81. The van der Waals surface area contributed by atoms with Crippen molar-refractivity contribution in [1.82, 2.24) is 0 Å². The van der Waals surface area contributed by atoms with E-state index < -0.39 is 9.84 Å². The van der Waals surface area contributed by atoms with E-state index in [1.807, 2.05) is 19.1 Å². The maximum Gasteiger partial charge on any atom is 0.150 e. The Labute approximate surface area is 102 Å². The average Bonchev–Trinajstić information content (AvgIpc) is 2.27. The van der Waals surface area contributed by atoms with E-state index in [2.05, 4.69) is 5.32 Å². The second kappa shape index (κ2) is 4.56. The lowest BCUT2D eigenvalue weighted by atomic mass is 10.1. The predicted octanol–water partition coefficient (Wildman–Crippen LogP) is 1.69. The molecule has 94 valence electrons. The quantitative estimate of drug-likeness (QED) is 0.844. The van der Waals surface area contributed by atoms with Crippen molar-refractivity contribution in [3.05, 3.63) is 23.8 Å². The molecular weight excluding hydrogens is 238 g/mol. The first-order valence-corrected chi connectivity index (χ1v) is 7.55. The zero-order valence-electron chi connectivity index (χ0n) is 9.81. The largest absolute Gasteiger partial charge is 0.508 e. The number of phenols is 1. The third-order valence-corrected chi connectivity index (χ3v) is 4.85. The molecule has 17 heavy (non-hydrogen) atoms. The summed E-state index contributed by atoms with van der Waals surface area (Å²) < 4.78 is 22.6. The molecule has 4 nitrogen and oxygen atoms in total. The van der Waals surface area contributed by atoms with Crippen molar-refractivity contribution in [3.63, 3.8) is 0 Å². The van der Waals surface area contributed by atoms with Crippen LogP contribution in [0.2, 0.25) is 0 Å². The first kappa shape index (κ1) is 12.2. The van der Waals surface area contributed by atoms with E-state index in [1.54, 1.807) is 6.07 Å². The number of anilines is 1. The average molecular weight is 255 g/mol. The van der Waals surface area contributed by atoms with Crippen LogP contribution in [0.4, 0.5) is 5.69 Å². The SMILES string of the molecule is Cc1ccc(NC2CCS(=O)(=O)CC2)cc1O. The highest BCUT2D eigenvalue weighted by Crippen LogP contribution is 2.23. The molecule has 1 heterocycles. The van der Waals surface area contributed by atoms with Gasteiger partial charge >= 0.3 is 0 Å². The number of aryl methyl sites for hydroxylation is 1. The number of phenolic OH excluding ortho intramolecular Hbond substituents is 1. The minimum absolute atomic E-state index is 0.181. The molecular formula is C12H17NO3S. The topological polar surface area (TPSA) is 66.4 Å². The van der Waals surface area contributed by atoms with Crippen LogP contribution in [0.15, 0.2) is 18.2 Å². The van der Waals surface area contributed by atoms with Gasteiger partial charge in [0, 0.05) is 17.8 Å². The Hall–Kier alpha value is -1.23. The van der Waals surface area contributed by atoms with Crippen LogP contribution >= 0.6 is 0 Å². The number of rotatable bonds is 2. The van der Waals surface area contributed by atoms with Crippen molar-refractivity contribution in [2.45, 2.75) is 25.8 Å². The first-order valence-electron chi connectivity index (χ1n) is 5.73. The van der Waals surface area contributed by atoms with Gasteiger partial charge in [-0.15, -0.1) is 0 Å². The van der Waals surface area contributed by atoms with Gasteiger partial charge in [0.1, 0.15) is 15.6 Å². The zero-order chi connectivity index (χ0) is 12.5. The summed E-state index contributed by atoms with van der Waals surface area (Å²) in [6.07, 6.45) is 1.27. The van der Waals surface area contributed by atoms with E-state index >= 15 is 0 Å². The van der Waals surface area contributed by atoms with Crippen LogP contribution in [0.25, 0.3) is 0 Å². The molecule has 1 fully saturated rings.